The zero-order valence-electron chi connectivity index (χ0n) is 9.34. The highest BCUT2D eigenvalue weighted by atomic mass is 16.1. The predicted octanol–water partition coefficient (Wildman–Crippen LogP) is 1.62. The quantitative estimate of drug-likeness (QED) is 0.818. The number of nitrogens with zero attached hydrogens (tertiary/aromatic N) is 2. The molecule has 5 heteroatoms. The molecule has 2 aromatic heterocycles. The number of nitrogens with two attached hydrogens (primary N) is 1. The number of anilines is 2. The second-order valence-corrected chi connectivity index (χ2v) is 3.64. The van der Waals surface area contributed by atoms with Gasteiger partial charge in [0.15, 0.2) is 0 Å². The molecule has 0 aliphatic rings. The molecule has 3 N–H and O–H groups in total. The van der Waals surface area contributed by atoms with E-state index in [9.17, 15) is 4.79 Å². The second-order valence-electron chi connectivity index (χ2n) is 3.64. The minimum Gasteiger partial charge on any atom is -0.398 e. The molecule has 0 bridgehead atoms. The Bertz CT molecular complexity index is 536. The molecule has 0 atom stereocenters. The summed E-state index contributed by atoms with van der Waals surface area (Å²) in [5, 5.41) is 2.66. The Hall–Kier alpha value is -2.43. The largest absolute Gasteiger partial charge is 0.398 e. The fourth-order valence-electron chi connectivity index (χ4n) is 1.32. The summed E-state index contributed by atoms with van der Waals surface area (Å²) in [6, 6.07) is 5.19. The van der Waals surface area contributed by atoms with Crippen molar-refractivity contribution < 1.29 is 4.79 Å². The summed E-state index contributed by atoms with van der Waals surface area (Å²) in [6.07, 6.45) is 4.65. The number of rotatable bonds is 2. The molecule has 0 aromatic carbocycles. The van der Waals surface area contributed by atoms with Crippen molar-refractivity contribution in [2.75, 3.05) is 11.1 Å². The smallest absolute Gasteiger partial charge is 0.260 e. The van der Waals surface area contributed by atoms with E-state index in [2.05, 4.69) is 15.3 Å². The lowest BCUT2D eigenvalue weighted by Crippen LogP contribution is -2.15. The molecule has 0 aliphatic heterocycles. The lowest BCUT2D eigenvalue weighted by atomic mass is 10.2. The Labute approximate surface area is 98.7 Å². The minimum absolute atomic E-state index is 0.313. The summed E-state index contributed by atoms with van der Waals surface area (Å²) < 4.78 is 0. The van der Waals surface area contributed by atoms with Crippen molar-refractivity contribution in [2.24, 2.45) is 0 Å². The molecule has 0 saturated heterocycles. The van der Waals surface area contributed by atoms with Gasteiger partial charge in [0.25, 0.3) is 5.91 Å². The maximum absolute atomic E-state index is 11.8. The normalized spacial score (nSPS) is 9.94. The van der Waals surface area contributed by atoms with Gasteiger partial charge in [0.2, 0.25) is 0 Å². The van der Waals surface area contributed by atoms with Crippen LogP contribution in [0.25, 0.3) is 0 Å². The number of nitrogens with one attached hydrogen (secondary N) is 1. The van der Waals surface area contributed by atoms with Gasteiger partial charge in [-0.05, 0) is 24.6 Å². The van der Waals surface area contributed by atoms with E-state index in [0.29, 0.717) is 17.1 Å². The molecular weight excluding hydrogens is 216 g/mol. The SMILES string of the molecule is Cc1ccc(NC(=O)c2cnccc2N)nc1. The first-order chi connectivity index (χ1) is 8.16. The predicted molar refractivity (Wildman–Crippen MR) is 65.6 cm³/mol. The number of pyridine rings is 2. The van der Waals surface area contributed by atoms with Crippen LogP contribution in [-0.4, -0.2) is 15.9 Å². The van der Waals surface area contributed by atoms with E-state index in [4.69, 9.17) is 5.73 Å². The van der Waals surface area contributed by atoms with E-state index < -0.39 is 0 Å². The highest BCUT2D eigenvalue weighted by Gasteiger charge is 2.09. The zero-order valence-corrected chi connectivity index (χ0v) is 9.34. The van der Waals surface area contributed by atoms with E-state index in [1.54, 1.807) is 18.3 Å². The van der Waals surface area contributed by atoms with Gasteiger partial charge in [-0.25, -0.2) is 4.98 Å². The Morgan fingerprint density at radius 1 is 1.29 bits per heavy atom. The molecule has 2 heterocycles. The second kappa shape index (κ2) is 4.61. The number of nitrogen functional groups attached to an aromatic ring is 1. The molecule has 0 aliphatic carbocycles. The van der Waals surface area contributed by atoms with Crippen LogP contribution in [0.1, 0.15) is 15.9 Å². The van der Waals surface area contributed by atoms with Crippen molar-refractivity contribution >= 4 is 17.4 Å². The maximum Gasteiger partial charge on any atom is 0.260 e. The van der Waals surface area contributed by atoms with Crippen LogP contribution < -0.4 is 11.1 Å². The van der Waals surface area contributed by atoms with Crippen molar-refractivity contribution in [1.29, 1.82) is 0 Å². The summed E-state index contributed by atoms with van der Waals surface area (Å²) in [6.45, 7) is 1.93. The van der Waals surface area contributed by atoms with Gasteiger partial charge >= 0.3 is 0 Å². The number of amides is 1. The number of carbonyl (C=O) groups excluding carboxylic acids is 1. The number of carbonyl (C=O) groups is 1. The van der Waals surface area contributed by atoms with Gasteiger partial charge in [-0.15, -0.1) is 0 Å². The summed E-state index contributed by atoms with van der Waals surface area (Å²) in [4.78, 5) is 19.8. The molecule has 86 valence electrons. The van der Waals surface area contributed by atoms with E-state index in [1.165, 1.54) is 12.4 Å². The van der Waals surface area contributed by atoms with Gasteiger partial charge < -0.3 is 11.1 Å². The van der Waals surface area contributed by atoms with Crippen LogP contribution in [-0.2, 0) is 0 Å². The van der Waals surface area contributed by atoms with E-state index in [0.717, 1.165) is 5.56 Å². The third kappa shape index (κ3) is 2.57. The van der Waals surface area contributed by atoms with Crippen LogP contribution in [0.15, 0.2) is 36.8 Å². The van der Waals surface area contributed by atoms with Crippen LogP contribution in [0.3, 0.4) is 0 Å². The minimum atomic E-state index is -0.313. The molecule has 5 nitrogen and oxygen atoms in total. The van der Waals surface area contributed by atoms with Crippen molar-refractivity contribution in [1.82, 2.24) is 9.97 Å². The Balaban J connectivity index is 2.17. The molecule has 0 saturated carbocycles. The van der Waals surface area contributed by atoms with Gasteiger partial charge in [-0.2, -0.15) is 0 Å². The van der Waals surface area contributed by atoms with E-state index in [1.807, 2.05) is 13.0 Å². The van der Waals surface area contributed by atoms with E-state index in [-0.39, 0.29) is 5.91 Å². The molecule has 0 fully saturated rings. The van der Waals surface area contributed by atoms with Crippen LogP contribution >= 0.6 is 0 Å². The summed E-state index contributed by atoms with van der Waals surface area (Å²) >= 11 is 0. The first-order valence-corrected chi connectivity index (χ1v) is 5.10. The number of hydrogen-bond acceptors (Lipinski definition) is 4. The zero-order chi connectivity index (χ0) is 12.3. The monoisotopic (exact) mass is 228 g/mol. The lowest BCUT2D eigenvalue weighted by Gasteiger charge is -2.06. The van der Waals surface area contributed by atoms with Gasteiger partial charge in [0.1, 0.15) is 5.82 Å². The Kier molecular flexibility index (Phi) is 3.00. The highest BCUT2D eigenvalue weighted by Crippen LogP contribution is 2.11. The lowest BCUT2D eigenvalue weighted by molar-refractivity contribution is 0.102. The van der Waals surface area contributed by atoms with Crippen molar-refractivity contribution in [2.45, 2.75) is 6.92 Å². The third-order valence-electron chi connectivity index (χ3n) is 2.25. The third-order valence-corrected chi connectivity index (χ3v) is 2.25. The number of aromatic nitrogens is 2. The van der Waals surface area contributed by atoms with Gasteiger partial charge in [-0.1, -0.05) is 6.07 Å². The molecule has 0 unspecified atom stereocenters. The number of hydrogen-bond donors (Lipinski definition) is 2. The molecule has 0 radical (unpaired) electrons. The van der Waals surface area contributed by atoms with Crippen LogP contribution in [0, 0.1) is 6.92 Å². The van der Waals surface area contributed by atoms with Gasteiger partial charge in [-0.3, -0.25) is 9.78 Å². The molecule has 2 aromatic rings. The van der Waals surface area contributed by atoms with Gasteiger partial charge in [0.05, 0.1) is 5.56 Å². The molecular formula is C12H12N4O. The highest BCUT2D eigenvalue weighted by molar-refractivity contribution is 6.06. The fraction of sp³-hybridized carbons (Fsp3) is 0.0833. The molecule has 17 heavy (non-hydrogen) atoms. The van der Waals surface area contributed by atoms with Crippen LogP contribution in [0.2, 0.25) is 0 Å². The van der Waals surface area contributed by atoms with Crippen LogP contribution in [0.4, 0.5) is 11.5 Å². The summed E-state index contributed by atoms with van der Waals surface area (Å²) in [7, 11) is 0. The molecule has 0 spiro atoms. The Morgan fingerprint density at radius 2 is 2.12 bits per heavy atom. The topological polar surface area (TPSA) is 80.9 Å². The van der Waals surface area contributed by atoms with Gasteiger partial charge in [0, 0.05) is 24.3 Å². The average Bonchev–Trinajstić information content (AvgIpc) is 2.32. The maximum atomic E-state index is 11.8. The average molecular weight is 228 g/mol. The molecule has 1 amide bonds. The van der Waals surface area contributed by atoms with Crippen molar-refractivity contribution in [3.05, 3.63) is 47.9 Å². The summed E-state index contributed by atoms with van der Waals surface area (Å²) in [5.74, 6) is 0.177. The number of aryl methyl sites for hydroxylation is 1. The van der Waals surface area contributed by atoms with Crippen LogP contribution in [0.5, 0.6) is 0 Å². The molecule has 2 rings (SSSR count). The van der Waals surface area contributed by atoms with E-state index >= 15 is 0 Å². The Morgan fingerprint density at radius 3 is 2.76 bits per heavy atom. The first-order valence-electron chi connectivity index (χ1n) is 5.10. The van der Waals surface area contributed by atoms with Crippen molar-refractivity contribution in [3.63, 3.8) is 0 Å². The fourth-order valence-corrected chi connectivity index (χ4v) is 1.32. The van der Waals surface area contributed by atoms with Crippen molar-refractivity contribution in [3.8, 4) is 0 Å². The standard InChI is InChI=1S/C12H12N4O/c1-8-2-3-11(15-6-8)16-12(17)9-7-14-5-4-10(9)13/h2-7H,1H3,(H2,13,14)(H,15,16,17). The first kappa shape index (κ1) is 11.1. The summed E-state index contributed by atoms with van der Waals surface area (Å²) in [5.41, 5.74) is 7.45.